The largest absolute Gasteiger partial charge is 0.405 e. The Hall–Kier alpha value is -1.50. The maximum Gasteiger partial charge on any atom is 0.261 e. The average Bonchev–Trinajstić information content (AvgIpc) is 2.94. The third-order valence-electron chi connectivity index (χ3n) is 5.09. The second-order valence-electron chi connectivity index (χ2n) is 7.91. The van der Waals surface area contributed by atoms with Gasteiger partial charge in [-0.05, 0) is 15.4 Å². The molecule has 0 amide bonds. The summed E-state index contributed by atoms with van der Waals surface area (Å²) in [7, 11) is -2.64. The molecule has 1 aliphatic heterocycles. The van der Waals surface area contributed by atoms with Crippen LogP contribution < -0.4 is 10.4 Å². The molecule has 3 rings (SSSR count). The summed E-state index contributed by atoms with van der Waals surface area (Å²) < 4.78 is 12.2. The minimum Gasteiger partial charge on any atom is -0.405 e. The van der Waals surface area contributed by atoms with E-state index < -0.39 is 26.8 Å². The first-order valence-electron chi connectivity index (χ1n) is 9.11. The summed E-state index contributed by atoms with van der Waals surface area (Å²) in [6, 6.07) is 20.7. The van der Waals surface area contributed by atoms with Gasteiger partial charge >= 0.3 is 0 Å². The molecular formula is C21H28O4Si. The molecular weight excluding hydrogens is 344 g/mol. The van der Waals surface area contributed by atoms with Crippen molar-refractivity contribution >= 4 is 18.7 Å². The second-order valence-corrected chi connectivity index (χ2v) is 12.2. The molecule has 3 atom stereocenters. The fourth-order valence-corrected chi connectivity index (χ4v) is 8.40. The molecule has 0 aromatic heterocycles. The molecule has 26 heavy (non-hydrogen) atoms. The lowest BCUT2D eigenvalue weighted by Crippen LogP contribution is -2.67. The van der Waals surface area contributed by atoms with E-state index >= 15 is 0 Å². The molecule has 1 aliphatic rings. The van der Waals surface area contributed by atoms with Gasteiger partial charge in [-0.2, -0.15) is 0 Å². The molecule has 0 spiro atoms. The molecule has 0 aliphatic carbocycles. The van der Waals surface area contributed by atoms with Gasteiger partial charge in [-0.3, -0.25) is 0 Å². The van der Waals surface area contributed by atoms with Crippen molar-refractivity contribution in [2.75, 3.05) is 6.61 Å². The molecule has 0 saturated carbocycles. The molecule has 140 valence electrons. The van der Waals surface area contributed by atoms with E-state index in [0.717, 1.165) is 0 Å². The molecule has 2 aromatic rings. The van der Waals surface area contributed by atoms with E-state index in [1.165, 1.54) is 10.4 Å². The number of ether oxygens (including phenoxy) is 1. The second kappa shape index (κ2) is 7.62. The first-order chi connectivity index (χ1) is 12.3. The fourth-order valence-electron chi connectivity index (χ4n) is 3.83. The molecule has 4 nitrogen and oxygen atoms in total. The number of rotatable bonds is 5. The Morgan fingerprint density at radius 1 is 0.962 bits per heavy atom. The minimum atomic E-state index is -2.64. The van der Waals surface area contributed by atoms with E-state index in [-0.39, 0.29) is 18.1 Å². The van der Waals surface area contributed by atoms with E-state index in [1.54, 1.807) is 0 Å². The lowest BCUT2D eigenvalue weighted by Gasteiger charge is -2.43. The Bertz CT molecular complexity index is 659. The smallest absolute Gasteiger partial charge is 0.261 e. The van der Waals surface area contributed by atoms with Crippen LogP contribution in [0.25, 0.3) is 0 Å². The van der Waals surface area contributed by atoms with Crippen molar-refractivity contribution in [3.05, 3.63) is 60.7 Å². The van der Waals surface area contributed by atoms with E-state index in [4.69, 9.17) is 9.16 Å². The molecule has 0 radical (unpaired) electrons. The summed E-state index contributed by atoms with van der Waals surface area (Å²) in [4.78, 5) is 0. The third kappa shape index (κ3) is 3.63. The predicted octanol–water partition coefficient (Wildman–Crippen LogP) is 2.03. The normalized spacial score (nSPS) is 24.0. The van der Waals surface area contributed by atoms with Crippen LogP contribution in [0, 0.1) is 0 Å². The highest BCUT2D eigenvalue weighted by atomic mass is 28.4. The van der Waals surface area contributed by atoms with Gasteiger partial charge in [-0.25, -0.2) is 0 Å². The number of aliphatic hydroxyl groups is 2. The zero-order valence-corrected chi connectivity index (χ0v) is 16.6. The Labute approximate surface area is 156 Å². The molecule has 1 saturated heterocycles. The Morgan fingerprint density at radius 2 is 1.46 bits per heavy atom. The van der Waals surface area contributed by atoms with Gasteiger partial charge in [0, 0.05) is 6.42 Å². The quantitative estimate of drug-likeness (QED) is 0.789. The van der Waals surface area contributed by atoms with E-state index in [9.17, 15) is 10.2 Å². The van der Waals surface area contributed by atoms with Gasteiger partial charge in [0.15, 0.2) is 6.29 Å². The first kappa shape index (κ1) is 19.3. The number of hydrogen-bond acceptors (Lipinski definition) is 4. The van der Waals surface area contributed by atoms with Gasteiger partial charge in [0.2, 0.25) is 0 Å². The predicted molar refractivity (Wildman–Crippen MR) is 105 cm³/mol. The highest BCUT2D eigenvalue weighted by Crippen LogP contribution is 2.37. The molecule has 1 heterocycles. The summed E-state index contributed by atoms with van der Waals surface area (Å²) in [5.41, 5.74) is 0. The van der Waals surface area contributed by atoms with Crippen molar-refractivity contribution in [2.24, 2.45) is 0 Å². The third-order valence-corrected chi connectivity index (χ3v) is 10.1. The van der Waals surface area contributed by atoms with E-state index in [0.29, 0.717) is 0 Å². The monoisotopic (exact) mass is 372 g/mol. The van der Waals surface area contributed by atoms with Crippen molar-refractivity contribution < 1.29 is 19.4 Å². The van der Waals surface area contributed by atoms with Crippen molar-refractivity contribution in [1.82, 2.24) is 0 Å². The van der Waals surface area contributed by atoms with Crippen LogP contribution in [0.15, 0.2) is 60.7 Å². The molecule has 1 fully saturated rings. The molecule has 1 unspecified atom stereocenters. The molecule has 0 bridgehead atoms. The van der Waals surface area contributed by atoms with Crippen LogP contribution in [0.5, 0.6) is 0 Å². The maximum atomic E-state index is 10.2. The van der Waals surface area contributed by atoms with Crippen LogP contribution >= 0.6 is 0 Å². The van der Waals surface area contributed by atoms with Crippen LogP contribution in [-0.4, -0.2) is 43.6 Å². The van der Waals surface area contributed by atoms with Crippen molar-refractivity contribution in [2.45, 2.75) is 50.7 Å². The van der Waals surface area contributed by atoms with Crippen molar-refractivity contribution in [3.8, 4) is 0 Å². The molecule has 5 heteroatoms. The van der Waals surface area contributed by atoms with Gasteiger partial charge in [0.1, 0.15) is 6.10 Å². The highest BCUT2D eigenvalue weighted by Gasteiger charge is 2.51. The minimum absolute atomic E-state index is 0.127. The van der Waals surface area contributed by atoms with Crippen LogP contribution in [0.2, 0.25) is 5.04 Å². The van der Waals surface area contributed by atoms with Gasteiger partial charge in [0.05, 0.1) is 12.7 Å². The highest BCUT2D eigenvalue weighted by molar-refractivity contribution is 6.99. The summed E-state index contributed by atoms with van der Waals surface area (Å²) in [5, 5.41) is 22.1. The van der Waals surface area contributed by atoms with Crippen LogP contribution in [0.1, 0.15) is 27.2 Å². The number of hydrogen-bond donors (Lipinski definition) is 2. The average molecular weight is 373 g/mol. The lowest BCUT2D eigenvalue weighted by molar-refractivity contribution is -0.105. The van der Waals surface area contributed by atoms with Crippen molar-refractivity contribution in [1.29, 1.82) is 0 Å². The standard InChI is InChI=1S/C21H28O4Si/c1-21(2,3)26(16-10-6-4-7-11-16,17-12-8-5-9-13-17)24-15-19-18(22)14-20(23)25-19/h4-13,18-20,22-23H,14-15H2,1-3H3/t18?,19-,20+/m1/s1. The zero-order valence-electron chi connectivity index (χ0n) is 15.6. The SMILES string of the molecule is CC(C)(C)[Si](OC[C@H]1O[C@H](O)CC1O)(c1ccccc1)c1ccccc1. The maximum absolute atomic E-state index is 10.2. The Balaban J connectivity index is 2.03. The van der Waals surface area contributed by atoms with E-state index in [2.05, 4.69) is 45.0 Å². The Kier molecular flexibility index (Phi) is 5.65. The lowest BCUT2D eigenvalue weighted by atomic mass is 10.2. The summed E-state index contributed by atoms with van der Waals surface area (Å²) in [6.07, 6.45) is -1.90. The van der Waals surface area contributed by atoms with E-state index in [1.807, 2.05) is 36.4 Å². The fraction of sp³-hybridized carbons (Fsp3) is 0.429. The van der Waals surface area contributed by atoms with Gasteiger partial charge < -0.3 is 19.4 Å². The first-order valence-corrected chi connectivity index (χ1v) is 11.0. The van der Waals surface area contributed by atoms with Crippen LogP contribution in [-0.2, 0) is 9.16 Å². The molecule has 2 N–H and O–H groups in total. The Morgan fingerprint density at radius 3 is 1.85 bits per heavy atom. The molecule has 2 aromatic carbocycles. The summed E-state index contributed by atoms with van der Waals surface area (Å²) in [6.45, 7) is 6.88. The topological polar surface area (TPSA) is 58.9 Å². The van der Waals surface area contributed by atoms with Gasteiger partial charge in [0.25, 0.3) is 8.32 Å². The summed E-state index contributed by atoms with van der Waals surface area (Å²) >= 11 is 0. The zero-order chi connectivity index (χ0) is 18.8. The van der Waals surface area contributed by atoms with Gasteiger partial charge in [-0.1, -0.05) is 81.4 Å². The van der Waals surface area contributed by atoms with Crippen LogP contribution in [0.4, 0.5) is 0 Å². The number of benzene rings is 2. The summed E-state index contributed by atoms with van der Waals surface area (Å²) in [5.74, 6) is 0. The van der Waals surface area contributed by atoms with Crippen molar-refractivity contribution in [3.63, 3.8) is 0 Å². The number of aliphatic hydroxyl groups excluding tert-OH is 2. The van der Waals surface area contributed by atoms with Crippen LogP contribution in [0.3, 0.4) is 0 Å². The van der Waals surface area contributed by atoms with Gasteiger partial charge in [-0.15, -0.1) is 0 Å².